The molecular weight excluding hydrogens is 296 g/mol. The van der Waals surface area contributed by atoms with Crippen LogP contribution in [-0.2, 0) is 9.59 Å². The van der Waals surface area contributed by atoms with E-state index in [1.165, 1.54) is 12.1 Å². The number of benzene rings is 1. The van der Waals surface area contributed by atoms with E-state index in [4.69, 9.17) is 5.11 Å². The van der Waals surface area contributed by atoms with Gasteiger partial charge in [0.15, 0.2) is 0 Å². The van der Waals surface area contributed by atoms with Gasteiger partial charge in [-0.3, -0.25) is 9.59 Å². The number of carboxylic acid groups (broad SMARTS) is 1. The number of hydrogen-bond acceptors (Lipinski definition) is 3. The third kappa shape index (κ3) is 3.88. The first-order valence-corrected chi connectivity index (χ1v) is 7.88. The molecule has 0 saturated carbocycles. The van der Waals surface area contributed by atoms with Crippen LogP contribution in [0.3, 0.4) is 0 Å². The third-order valence-electron chi connectivity index (χ3n) is 4.08. The van der Waals surface area contributed by atoms with Crippen molar-refractivity contribution in [3.8, 4) is 0 Å². The van der Waals surface area contributed by atoms with Crippen LogP contribution in [-0.4, -0.2) is 40.4 Å². The number of amides is 2. The van der Waals surface area contributed by atoms with Crippen LogP contribution in [0.25, 0.3) is 0 Å². The molecule has 1 atom stereocenters. The average molecular weight is 318 g/mol. The fourth-order valence-corrected chi connectivity index (χ4v) is 2.80. The lowest BCUT2D eigenvalue weighted by molar-refractivity contribution is -0.136. The zero-order valence-electron chi connectivity index (χ0n) is 13.5. The lowest BCUT2D eigenvalue weighted by Gasteiger charge is -2.24. The lowest BCUT2D eigenvalue weighted by atomic mass is 10.1. The van der Waals surface area contributed by atoms with Gasteiger partial charge in [-0.05, 0) is 43.9 Å². The van der Waals surface area contributed by atoms with E-state index in [1.807, 2.05) is 6.92 Å². The standard InChI is InChI=1S/C17H22N2O4/c1-3-5-15(20)19-9-4-6-14(19)16(21)18-13-10-12(17(22)23)8-7-11(13)2/h7-8,10,14H,3-6,9H2,1-2H3,(H,18,21)(H,22,23). The van der Waals surface area contributed by atoms with E-state index in [9.17, 15) is 14.4 Å². The van der Waals surface area contributed by atoms with E-state index in [-0.39, 0.29) is 17.4 Å². The molecule has 124 valence electrons. The summed E-state index contributed by atoms with van der Waals surface area (Å²) < 4.78 is 0. The van der Waals surface area contributed by atoms with Crippen LogP contribution in [0, 0.1) is 6.92 Å². The summed E-state index contributed by atoms with van der Waals surface area (Å²) in [5.74, 6) is -1.29. The molecule has 1 heterocycles. The second kappa shape index (κ2) is 7.26. The number of anilines is 1. The van der Waals surface area contributed by atoms with Crippen molar-refractivity contribution in [3.05, 3.63) is 29.3 Å². The molecule has 0 radical (unpaired) electrons. The molecule has 2 N–H and O–H groups in total. The summed E-state index contributed by atoms with van der Waals surface area (Å²) in [5.41, 5.74) is 1.38. The van der Waals surface area contributed by atoms with Gasteiger partial charge in [0, 0.05) is 18.7 Å². The van der Waals surface area contributed by atoms with Crippen LogP contribution in [0.15, 0.2) is 18.2 Å². The van der Waals surface area contributed by atoms with E-state index in [0.717, 1.165) is 18.4 Å². The number of likely N-dealkylation sites (tertiary alicyclic amines) is 1. The Kier molecular flexibility index (Phi) is 5.36. The molecule has 1 unspecified atom stereocenters. The van der Waals surface area contributed by atoms with Gasteiger partial charge in [0.25, 0.3) is 0 Å². The number of aryl methyl sites for hydroxylation is 1. The second-order valence-corrected chi connectivity index (χ2v) is 5.82. The molecule has 0 bridgehead atoms. The summed E-state index contributed by atoms with van der Waals surface area (Å²) in [6.07, 6.45) is 2.64. The maximum Gasteiger partial charge on any atom is 0.335 e. The van der Waals surface area contributed by atoms with Crippen molar-refractivity contribution in [2.75, 3.05) is 11.9 Å². The van der Waals surface area contributed by atoms with Crippen molar-refractivity contribution < 1.29 is 19.5 Å². The minimum atomic E-state index is -1.04. The Morgan fingerprint density at radius 1 is 1.35 bits per heavy atom. The number of rotatable bonds is 5. The van der Waals surface area contributed by atoms with Gasteiger partial charge in [-0.1, -0.05) is 13.0 Å². The molecule has 1 aliphatic heterocycles. The molecule has 2 rings (SSSR count). The number of aromatic carboxylic acids is 1. The molecule has 23 heavy (non-hydrogen) atoms. The molecule has 2 amide bonds. The Labute approximate surface area is 135 Å². The van der Waals surface area contributed by atoms with Gasteiger partial charge in [0.1, 0.15) is 6.04 Å². The molecule has 6 heteroatoms. The summed E-state index contributed by atoms with van der Waals surface area (Å²) in [6, 6.07) is 4.14. The normalized spacial score (nSPS) is 17.1. The SMILES string of the molecule is CCCC(=O)N1CCCC1C(=O)Nc1cc(C(=O)O)ccc1C. The number of nitrogens with zero attached hydrogens (tertiary/aromatic N) is 1. The quantitative estimate of drug-likeness (QED) is 0.873. The topological polar surface area (TPSA) is 86.7 Å². The van der Waals surface area contributed by atoms with Gasteiger partial charge in [0.05, 0.1) is 5.56 Å². The summed E-state index contributed by atoms with van der Waals surface area (Å²) in [5, 5.41) is 11.8. The van der Waals surface area contributed by atoms with Gasteiger partial charge in [-0.25, -0.2) is 4.79 Å². The molecule has 1 aromatic rings. The first-order valence-electron chi connectivity index (χ1n) is 7.88. The van der Waals surface area contributed by atoms with Crippen molar-refractivity contribution >= 4 is 23.5 Å². The molecule has 1 aromatic carbocycles. The van der Waals surface area contributed by atoms with Crippen LogP contribution in [0.5, 0.6) is 0 Å². The molecular formula is C17H22N2O4. The maximum absolute atomic E-state index is 12.5. The highest BCUT2D eigenvalue weighted by Gasteiger charge is 2.33. The van der Waals surface area contributed by atoms with Gasteiger partial charge >= 0.3 is 5.97 Å². The predicted molar refractivity (Wildman–Crippen MR) is 86.4 cm³/mol. The Morgan fingerprint density at radius 3 is 2.74 bits per heavy atom. The van der Waals surface area contributed by atoms with E-state index < -0.39 is 12.0 Å². The molecule has 1 fully saturated rings. The van der Waals surface area contributed by atoms with Crippen LogP contribution < -0.4 is 5.32 Å². The smallest absolute Gasteiger partial charge is 0.335 e. The van der Waals surface area contributed by atoms with E-state index in [1.54, 1.807) is 17.9 Å². The zero-order chi connectivity index (χ0) is 17.0. The van der Waals surface area contributed by atoms with Crippen molar-refractivity contribution in [2.45, 2.75) is 45.6 Å². The average Bonchev–Trinajstić information content (AvgIpc) is 2.99. The minimum absolute atomic E-state index is 0.00107. The predicted octanol–water partition coefficient (Wildman–Crippen LogP) is 2.42. The molecule has 0 spiro atoms. The molecule has 0 aromatic heterocycles. The Bertz CT molecular complexity index is 627. The summed E-state index contributed by atoms with van der Waals surface area (Å²) in [4.78, 5) is 37.3. The highest BCUT2D eigenvalue weighted by atomic mass is 16.4. The van der Waals surface area contributed by atoms with Crippen molar-refractivity contribution in [1.29, 1.82) is 0 Å². The first kappa shape index (κ1) is 17.0. The Balaban J connectivity index is 2.13. The molecule has 1 aliphatic rings. The first-order chi connectivity index (χ1) is 10.9. The van der Waals surface area contributed by atoms with Crippen LogP contribution in [0.2, 0.25) is 0 Å². The monoisotopic (exact) mass is 318 g/mol. The van der Waals surface area contributed by atoms with Crippen molar-refractivity contribution in [3.63, 3.8) is 0 Å². The van der Waals surface area contributed by atoms with Crippen LogP contribution in [0.1, 0.15) is 48.5 Å². The van der Waals surface area contributed by atoms with Gasteiger partial charge < -0.3 is 15.3 Å². The van der Waals surface area contributed by atoms with E-state index in [0.29, 0.717) is 25.1 Å². The Hall–Kier alpha value is -2.37. The largest absolute Gasteiger partial charge is 0.478 e. The maximum atomic E-state index is 12.5. The number of carbonyl (C=O) groups is 3. The lowest BCUT2D eigenvalue weighted by Crippen LogP contribution is -2.43. The molecule has 6 nitrogen and oxygen atoms in total. The highest BCUT2D eigenvalue weighted by molar-refractivity contribution is 5.99. The van der Waals surface area contributed by atoms with Gasteiger partial charge in [-0.2, -0.15) is 0 Å². The molecule has 0 aliphatic carbocycles. The fourth-order valence-electron chi connectivity index (χ4n) is 2.80. The van der Waals surface area contributed by atoms with E-state index >= 15 is 0 Å². The minimum Gasteiger partial charge on any atom is -0.478 e. The highest BCUT2D eigenvalue weighted by Crippen LogP contribution is 2.22. The van der Waals surface area contributed by atoms with E-state index in [2.05, 4.69) is 5.32 Å². The number of hydrogen-bond donors (Lipinski definition) is 2. The number of nitrogens with one attached hydrogen (secondary N) is 1. The summed E-state index contributed by atoms with van der Waals surface area (Å²) >= 11 is 0. The van der Waals surface area contributed by atoms with Crippen molar-refractivity contribution in [2.24, 2.45) is 0 Å². The number of carbonyl (C=O) groups excluding carboxylic acids is 2. The van der Waals surface area contributed by atoms with Crippen molar-refractivity contribution in [1.82, 2.24) is 4.90 Å². The second-order valence-electron chi connectivity index (χ2n) is 5.82. The van der Waals surface area contributed by atoms with Crippen LogP contribution >= 0.6 is 0 Å². The Morgan fingerprint density at radius 2 is 2.09 bits per heavy atom. The summed E-state index contributed by atoms with van der Waals surface area (Å²) in [7, 11) is 0. The summed E-state index contributed by atoms with van der Waals surface area (Å²) in [6.45, 7) is 4.34. The third-order valence-corrected chi connectivity index (χ3v) is 4.08. The number of carboxylic acids is 1. The van der Waals surface area contributed by atoms with Crippen LogP contribution in [0.4, 0.5) is 5.69 Å². The van der Waals surface area contributed by atoms with Gasteiger partial charge in [-0.15, -0.1) is 0 Å². The van der Waals surface area contributed by atoms with Gasteiger partial charge in [0.2, 0.25) is 11.8 Å². The zero-order valence-corrected chi connectivity index (χ0v) is 13.5. The molecule has 1 saturated heterocycles. The fraction of sp³-hybridized carbons (Fsp3) is 0.471.